The van der Waals surface area contributed by atoms with Crippen molar-refractivity contribution in [3.63, 3.8) is 0 Å². The summed E-state index contributed by atoms with van der Waals surface area (Å²) in [5.74, 6) is 1.16. The van der Waals surface area contributed by atoms with Crippen LogP contribution in [0.25, 0.3) is 11.0 Å². The van der Waals surface area contributed by atoms with E-state index < -0.39 is 0 Å². The van der Waals surface area contributed by atoms with Gasteiger partial charge in [-0.1, -0.05) is 11.6 Å². The van der Waals surface area contributed by atoms with Gasteiger partial charge in [-0.05, 0) is 36.8 Å². The molecule has 24 heavy (non-hydrogen) atoms. The molecule has 0 fully saturated rings. The molecule has 0 atom stereocenters. The number of rotatable bonds is 3. The summed E-state index contributed by atoms with van der Waals surface area (Å²) in [5, 5.41) is 4.36. The lowest BCUT2D eigenvalue weighted by atomic mass is 10.1. The Labute approximate surface area is 143 Å². The summed E-state index contributed by atoms with van der Waals surface area (Å²) >= 11 is 6.17. The number of hydrogen-bond donors (Lipinski definition) is 1. The maximum atomic E-state index is 12.3. The van der Waals surface area contributed by atoms with Gasteiger partial charge < -0.3 is 19.2 Å². The van der Waals surface area contributed by atoms with Gasteiger partial charge in [0, 0.05) is 27.7 Å². The number of aryl methyl sites for hydroxylation is 1. The third kappa shape index (κ3) is 2.67. The molecule has 1 amide bonds. The highest BCUT2D eigenvalue weighted by Gasteiger charge is 2.16. The Morgan fingerprint density at radius 2 is 2.04 bits per heavy atom. The molecule has 0 unspecified atom stereocenters. The first-order valence-corrected chi connectivity index (χ1v) is 7.84. The smallest absolute Gasteiger partial charge is 0.231 e. The lowest BCUT2D eigenvalue weighted by molar-refractivity contribution is -0.115. The molecule has 1 aliphatic heterocycles. The normalized spacial score (nSPS) is 12.6. The molecule has 0 spiro atoms. The summed E-state index contributed by atoms with van der Waals surface area (Å²) in [6.45, 7) is 2.12. The molecule has 1 aromatic heterocycles. The molecule has 2 aromatic carbocycles. The summed E-state index contributed by atoms with van der Waals surface area (Å²) in [5.41, 5.74) is 3.12. The van der Waals surface area contributed by atoms with Crippen LogP contribution in [0.3, 0.4) is 0 Å². The van der Waals surface area contributed by atoms with Gasteiger partial charge in [-0.3, -0.25) is 4.79 Å². The fraction of sp³-hybridized carbons (Fsp3) is 0.167. The van der Waals surface area contributed by atoms with E-state index in [1.165, 1.54) is 0 Å². The molecule has 0 radical (unpaired) electrons. The van der Waals surface area contributed by atoms with Gasteiger partial charge in [-0.15, -0.1) is 0 Å². The molecule has 6 heteroatoms. The van der Waals surface area contributed by atoms with Crippen molar-refractivity contribution < 1.29 is 18.7 Å². The number of nitrogens with one attached hydrogen (secondary N) is 1. The molecule has 0 saturated carbocycles. The third-order valence-corrected chi connectivity index (χ3v) is 4.35. The zero-order valence-corrected chi connectivity index (χ0v) is 13.6. The van der Waals surface area contributed by atoms with E-state index in [1.54, 1.807) is 24.5 Å². The molecular formula is C18H14ClNO4. The average molecular weight is 344 g/mol. The molecule has 122 valence electrons. The average Bonchev–Trinajstić information content (AvgIpc) is 3.15. The molecule has 1 aliphatic rings. The Bertz CT molecular complexity index is 948. The maximum absolute atomic E-state index is 12.3. The fourth-order valence-electron chi connectivity index (χ4n) is 2.69. The summed E-state index contributed by atoms with van der Waals surface area (Å²) in [4.78, 5) is 12.3. The van der Waals surface area contributed by atoms with Crippen LogP contribution in [0.4, 0.5) is 5.69 Å². The van der Waals surface area contributed by atoms with Crippen LogP contribution in [-0.4, -0.2) is 12.7 Å². The van der Waals surface area contributed by atoms with Gasteiger partial charge in [0.05, 0.1) is 12.7 Å². The second-order valence-electron chi connectivity index (χ2n) is 5.65. The lowest BCUT2D eigenvalue weighted by Crippen LogP contribution is -2.14. The first-order chi connectivity index (χ1) is 11.6. The Balaban J connectivity index is 1.53. The quantitative estimate of drug-likeness (QED) is 0.770. The minimum absolute atomic E-state index is 0.145. The van der Waals surface area contributed by atoms with E-state index >= 15 is 0 Å². The van der Waals surface area contributed by atoms with Gasteiger partial charge in [0.15, 0.2) is 11.5 Å². The van der Waals surface area contributed by atoms with Crippen molar-refractivity contribution in [2.75, 3.05) is 12.1 Å². The second kappa shape index (κ2) is 5.76. The molecule has 0 bridgehead atoms. The highest BCUT2D eigenvalue weighted by Crippen LogP contribution is 2.34. The van der Waals surface area contributed by atoms with Crippen LogP contribution in [0.5, 0.6) is 11.5 Å². The van der Waals surface area contributed by atoms with Gasteiger partial charge in [-0.2, -0.15) is 0 Å². The molecule has 4 rings (SSSR count). The number of amides is 1. The number of halogens is 1. The topological polar surface area (TPSA) is 60.7 Å². The first kappa shape index (κ1) is 14.9. The molecule has 0 aliphatic carbocycles. The van der Waals surface area contributed by atoms with Crippen molar-refractivity contribution in [3.05, 3.63) is 52.7 Å². The molecular weight excluding hydrogens is 330 g/mol. The zero-order valence-electron chi connectivity index (χ0n) is 12.9. The van der Waals surface area contributed by atoms with Crippen molar-refractivity contribution in [2.24, 2.45) is 0 Å². The zero-order chi connectivity index (χ0) is 16.7. The summed E-state index contributed by atoms with van der Waals surface area (Å²) < 4.78 is 16.1. The number of fused-ring (bicyclic) bond motifs is 2. The number of hydrogen-bond acceptors (Lipinski definition) is 4. The molecule has 1 N–H and O–H groups in total. The number of furan rings is 1. The molecule has 5 nitrogen and oxygen atoms in total. The highest BCUT2D eigenvalue weighted by atomic mass is 35.5. The number of carbonyl (C=O) groups excluding carboxylic acids is 1. The van der Waals surface area contributed by atoms with Crippen LogP contribution < -0.4 is 14.8 Å². The minimum Gasteiger partial charge on any atom is -0.464 e. The van der Waals surface area contributed by atoms with Crippen molar-refractivity contribution in [3.8, 4) is 11.5 Å². The Hall–Kier alpha value is -2.66. The van der Waals surface area contributed by atoms with Gasteiger partial charge in [-0.25, -0.2) is 0 Å². The van der Waals surface area contributed by atoms with Gasteiger partial charge in [0.2, 0.25) is 12.7 Å². The molecule has 0 saturated heterocycles. The third-order valence-electron chi connectivity index (χ3n) is 3.94. The molecule has 3 aromatic rings. The first-order valence-electron chi connectivity index (χ1n) is 7.46. The summed E-state index contributed by atoms with van der Waals surface area (Å²) in [7, 11) is 0. The number of ether oxygens (including phenoxy) is 2. The van der Waals surface area contributed by atoms with Crippen LogP contribution in [0, 0.1) is 6.92 Å². The van der Waals surface area contributed by atoms with E-state index in [4.69, 9.17) is 25.5 Å². The van der Waals surface area contributed by atoms with Crippen molar-refractivity contribution in [1.82, 2.24) is 0 Å². The minimum atomic E-state index is -0.145. The van der Waals surface area contributed by atoms with Crippen LogP contribution in [-0.2, 0) is 11.2 Å². The fourth-order valence-corrected chi connectivity index (χ4v) is 2.85. The summed E-state index contributed by atoms with van der Waals surface area (Å²) in [6, 6.07) is 9.00. The standard InChI is InChI=1S/C18H14ClNO4/c1-10-4-16-13(7-14(10)19)11(8-22-16)5-18(21)20-12-2-3-15-17(6-12)24-9-23-15/h2-4,6-8H,5,9H2,1H3,(H,20,21). The van der Waals surface area contributed by atoms with E-state index in [2.05, 4.69) is 5.32 Å². The van der Waals surface area contributed by atoms with Crippen molar-refractivity contribution in [2.45, 2.75) is 13.3 Å². The Morgan fingerprint density at radius 1 is 1.21 bits per heavy atom. The highest BCUT2D eigenvalue weighted by molar-refractivity contribution is 6.32. The van der Waals surface area contributed by atoms with Crippen LogP contribution in [0.2, 0.25) is 5.02 Å². The lowest BCUT2D eigenvalue weighted by Gasteiger charge is -2.06. The van der Waals surface area contributed by atoms with Crippen LogP contribution in [0.15, 0.2) is 41.0 Å². The van der Waals surface area contributed by atoms with Crippen molar-refractivity contribution in [1.29, 1.82) is 0 Å². The predicted molar refractivity (Wildman–Crippen MR) is 90.9 cm³/mol. The number of anilines is 1. The molecule has 2 heterocycles. The van der Waals surface area contributed by atoms with Crippen molar-refractivity contribution >= 4 is 34.2 Å². The SMILES string of the molecule is Cc1cc2occ(CC(=O)Nc3ccc4c(c3)OCO4)c2cc1Cl. The predicted octanol–water partition coefficient (Wildman–Crippen LogP) is 4.30. The van der Waals surface area contributed by atoms with Crippen LogP contribution in [0.1, 0.15) is 11.1 Å². The number of carbonyl (C=O) groups is 1. The monoisotopic (exact) mass is 343 g/mol. The van der Waals surface area contributed by atoms with Gasteiger partial charge in [0.25, 0.3) is 0 Å². The Morgan fingerprint density at radius 3 is 2.92 bits per heavy atom. The van der Waals surface area contributed by atoms with E-state index in [0.29, 0.717) is 22.2 Å². The van der Waals surface area contributed by atoms with E-state index in [9.17, 15) is 4.79 Å². The van der Waals surface area contributed by atoms with E-state index in [1.807, 2.05) is 19.1 Å². The maximum Gasteiger partial charge on any atom is 0.231 e. The largest absolute Gasteiger partial charge is 0.464 e. The van der Waals surface area contributed by atoms with E-state index in [0.717, 1.165) is 22.1 Å². The summed E-state index contributed by atoms with van der Waals surface area (Å²) in [6.07, 6.45) is 1.79. The number of benzene rings is 2. The van der Waals surface area contributed by atoms with E-state index in [-0.39, 0.29) is 19.1 Å². The van der Waals surface area contributed by atoms with Gasteiger partial charge in [0.1, 0.15) is 5.58 Å². The van der Waals surface area contributed by atoms with Gasteiger partial charge >= 0.3 is 0 Å². The Kier molecular flexibility index (Phi) is 3.58. The second-order valence-corrected chi connectivity index (χ2v) is 6.06. The van der Waals surface area contributed by atoms with Crippen LogP contribution >= 0.6 is 11.6 Å².